The number of carbonyl (C=O) groups excluding carboxylic acids is 2. The first-order valence-electron chi connectivity index (χ1n) is 10.2. The average molecular weight is 457 g/mol. The van der Waals surface area contributed by atoms with Crippen molar-refractivity contribution in [3.63, 3.8) is 0 Å². The first kappa shape index (κ1) is 22.0. The molecule has 1 fully saturated rings. The smallest absolute Gasteiger partial charge is 0.261 e. The summed E-state index contributed by atoms with van der Waals surface area (Å²) < 4.78 is 19.6. The molecule has 1 unspecified atom stereocenters. The normalized spacial score (nSPS) is 16.3. The van der Waals surface area contributed by atoms with Crippen LogP contribution >= 0.6 is 11.6 Å². The zero-order valence-electron chi connectivity index (χ0n) is 17.4. The maximum Gasteiger partial charge on any atom is 0.261 e. The Hall–Kier alpha value is -3.23. The van der Waals surface area contributed by atoms with E-state index in [0.29, 0.717) is 12.2 Å². The number of hydrogen-bond acceptors (Lipinski definition) is 5. The van der Waals surface area contributed by atoms with Gasteiger partial charge in [0.15, 0.2) is 0 Å². The average Bonchev–Trinajstić information content (AvgIpc) is 3.35. The predicted octanol–water partition coefficient (Wildman–Crippen LogP) is 4.14. The van der Waals surface area contributed by atoms with Crippen LogP contribution in [0.15, 0.2) is 47.0 Å². The van der Waals surface area contributed by atoms with Crippen molar-refractivity contribution in [3.05, 3.63) is 70.2 Å². The second kappa shape index (κ2) is 9.10. The Labute approximate surface area is 189 Å². The van der Waals surface area contributed by atoms with E-state index in [4.69, 9.17) is 21.9 Å². The second-order valence-electron chi connectivity index (χ2n) is 7.74. The molecule has 0 aliphatic carbocycles. The van der Waals surface area contributed by atoms with E-state index in [2.05, 4.69) is 10.5 Å². The molecule has 0 radical (unpaired) electrons. The Bertz CT molecular complexity index is 1160. The fourth-order valence-electron chi connectivity index (χ4n) is 4.05. The number of nitrogens with one attached hydrogen (secondary N) is 1. The van der Waals surface area contributed by atoms with Gasteiger partial charge >= 0.3 is 0 Å². The van der Waals surface area contributed by atoms with E-state index in [1.807, 2.05) is 23.1 Å². The Morgan fingerprint density at radius 2 is 2.09 bits per heavy atom. The summed E-state index contributed by atoms with van der Waals surface area (Å²) in [5.74, 6) is -1.17. The van der Waals surface area contributed by atoms with E-state index in [9.17, 15) is 14.0 Å². The van der Waals surface area contributed by atoms with Crippen molar-refractivity contribution < 1.29 is 18.5 Å². The fourth-order valence-corrected chi connectivity index (χ4v) is 4.30. The third-order valence-corrected chi connectivity index (χ3v) is 5.87. The Kier molecular flexibility index (Phi) is 6.25. The van der Waals surface area contributed by atoms with Crippen molar-refractivity contribution in [1.82, 2.24) is 10.1 Å². The molecule has 1 atom stereocenters. The molecule has 2 heterocycles. The van der Waals surface area contributed by atoms with Crippen LogP contribution in [0.4, 0.5) is 10.1 Å². The summed E-state index contributed by atoms with van der Waals surface area (Å²) in [6.07, 6.45) is 1.66. The topological polar surface area (TPSA) is 101 Å². The quantitative estimate of drug-likeness (QED) is 0.580. The molecule has 0 bridgehead atoms. The highest BCUT2D eigenvalue weighted by atomic mass is 35.5. The first-order valence-corrected chi connectivity index (χ1v) is 10.6. The zero-order chi connectivity index (χ0) is 22.8. The summed E-state index contributed by atoms with van der Waals surface area (Å²) in [5, 5.41) is 6.82. The molecule has 2 amide bonds. The minimum absolute atomic E-state index is 0.0106. The molecule has 7 nitrogen and oxygen atoms in total. The lowest BCUT2D eigenvalue weighted by Gasteiger charge is -2.22. The summed E-state index contributed by atoms with van der Waals surface area (Å²) in [7, 11) is 0. The van der Waals surface area contributed by atoms with Gasteiger partial charge in [-0.25, -0.2) is 4.39 Å². The van der Waals surface area contributed by atoms with Crippen LogP contribution in [0.25, 0.3) is 11.3 Å². The van der Waals surface area contributed by atoms with Crippen molar-refractivity contribution in [3.8, 4) is 11.3 Å². The second-order valence-corrected chi connectivity index (χ2v) is 8.15. The van der Waals surface area contributed by atoms with Gasteiger partial charge in [0.1, 0.15) is 22.8 Å². The molecule has 2 aromatic carbocycles. The Morgan fingerprint density at radius 3 is 2.84 bits per heavy atom. The standard InChI is InChI=1S/C23H22ClFN4O3/c1-13-19(21(28-32-13)20-16(24)7-3-8-17(20)25)23(31)27-15-6-2-5-14(11-15)12-29-10-4-9-18(29)22(26)30/h2-3,5-8,11,18H,4,9-10,12H2,1H3,(H2,26,30)(H,27,31). The van der Waals surface area contributed by atoms with E-state index in [-0.39, 0.29) is 39.6 Å². The van der Waals surface area contributed by atoms with Gasteiger partial charge in [0, 0.05) is 12.2 Å². The van der Waals surface area contributed by atoms with Crippen molar-refractivity contribution >= 4 is 29.1 Å². The molecule has 1 aliphatic rings. The maximum atomic E-state index is 14.4. The van der Waals surface area contributed by atoms with Gasteiger partial charge in [-0.15, -0.1) is 0 Å². The van der Waals surface area contributed by atoms with E-state index < -0.39 is 11.7 Å². The number of halogens is 2. The minimum Gasteiger partial charge on any atom is -0.368 e. The number of nitrogens with zero attached hydrogens (tertiary/aromatic N) is 2. The fraction of sp³-hybridized carbons (Fsp3) is 0.261. The molecule has 1 aromatic heterocycles. The van der Waals surface area contributed by atoms with Crippen LogP contribution in [0, 0.1) is 12.7 Å². The third-order valence-electron chi connectivity index (χ3n) is 5.55. The molecule has 3 N–H and O–H groups in total. The number of benzene rings is 2. The van der Waals surface area contributed by atoms with E-state index in [1.54, 1.807) is 13.0 Å². The van der Waals surface area contributed by atoms with Crippen molar-refractivity contribution in [2.75, 3.05) is 11.9 Å². The molecule has 166 valence electrons. The number of likely N-dealkylation sites (tertiary alicyclic amines) is 1. The number of nitrogens with two attached hydrogens (primary N) is 1. The lowest BCUT2D eigenvalue weighted by atomic mass is 10.0. The van der Waals surface area contributed by atoms with Crippen molar-refractivity contribution in [1.29, 1.82) is 0 Å². The largest absolute Gasteiger partial charge is 0.368 e. The molecule has 0 saturated carbocycles. The molecule has 4 rings (SSSR count). The number of anilines is 1. The monoisotopic (exact) mass is 456 g/mol. The lowest BCUT2D eigenvalue weighted by Crippen LogP contribution is -2.39. The van der Waals surface area contributed by atoms with Gasteiger partial charge in [0.2, 0.25) is 5.91 Å². The molecule has 3 aromatic rings. The number of rotatable bonds is 6. The third kappa shape index (κ3) is 4.37. The summed E-state index contributed by atoms with van der Waals surface area (Å²) in [5.41, 5.74) is 7.14. The number of hydrogen-bond donors (Lipinski definition) is 2. The molecule has 1 aliphatic heterocycles. The van der Waals surface area contributed by atoms with Crippen molar-refractivity contribution in [2.45, 2.75) is 32.4 Å². The number of amides is 2. The summed E-state index contributed by atoms with van der Waals surface area (Å²) >= 11 is 6.16. The highest BCUT2D eigenvalue weighted by Crippen LogP contribution is 2.34. The maximum absolute atomic E-state index is 14.4. The molecule has 1 saturated heterocycles. The molecule has 32 heavy (non-hydrogen) atoms. The number of aromatic nitrogens is 1. The van der Waals surface area contributed by atoms with E-state index in [0.717, 1.165) is 24.9 Å². The number of carbonyl (C=O) groups is 2. The lowest BCUT2D eigenvalue weighted by molar-refractivity contribution is -0.122. The van der Waals surface area contributed by atoms with Crippen LogP contribution in [0.3, 0.4) is 0 Å². The molecule has 0 spiro atoms. The number of primary amides is 1. The molecule has 9 heteroatoms. The first-order chi connectivity index (χ1) is 15.3. The summed E-state index contributed by atoms with van der Waals surface area (Å²) in [4.78, 5) is 26.7. The van der Waals surface area contributed by atoms with Crippen LogP contribution in [-0.2, 0) is 11.3 Å². The van der Waals surface area contributed by atoms with E-state index >= 15 is 0 Å². The zero-order valence-corrected chi connectivity index (χ0v) is 18.2. The van der Waals surface area contributed by atoms with Gasteiger partial charge < -0.3 is 15.6 Å². The van der Waals surface area contributed by atoms with Gasteiger partial charge in [-0.05, 0) is 56.1 Å². The van der Waals surface area contributed by atoms with E-state index in [1.165, 1.54) is 18.2 Å². The van der Waals surface area contributed by atoms with Crippen LogP contribution in [0.1, 0.15) is 34.5 Å². The summed E-state index contributed by atoms with van der Waals surface area (Å²) in [6, 6.07) is 11.3. The Morgan fingerprint density at radius 1 is 1.31 bits per heavy atom. The molecular formula is C23H22ClFN4O3. The van der Waals surface area contributed by atoms with Gasteiger partial charge in [0.25, 0.3) is 5.91 Å². The molecular weight excluding hydrogens is 435 g/mol. The highest BCUT2D eigenvalue weighted by Gasteiger charge is 2.29. The number of aryl methyl sites for hydroxylation is 1. The minimum atomic E-state index is -0.600. The van der Waals surface area contributed by atoms with Gasteiger partial charge in [-0.3, -0.25) is 14.5 Å². The SMILES string of the molecule is Cc1onc(-c2c(F)cccc2Cl)c1C(=O)Nc1cccc(CN2CCCC2C(N)=O)c1. The summed E-state index contributed by atoms with van der Waals surface area (Å²) in [6.45, 7) is 2.91. The van der Waals surface area contributed by atoms with Gasteiger partial charge in [-0.2, -0.15) is 0 Å². The van der Waals surface area contributed by atoms with Crippen LogP contribution in [0.2, 0.25) is 5.02 Å². The van der Waals surface area contributed by atoms with Crippen LogP contribution in [-0.4, -0.2) is 34.5 Å². The van der Waals surface area contributed by atoms with Gasteiger partial charge in [-0.1, -0.05) is 35.0 Å². The van der Waals surface area contributed by atoms with Crippen LogP contribution < -0.4 is 11.1 Å². The highest BCUT2D eigenvalue weighted by molar-refractivity contribution is 6.33. The Balaban J connectivity index is 1.56. The van der Waals surface area contributed by atoms with Crippen molar-refractivity contribution in [2.24, 2.45) is 5.73 Å². The predicted molar refractivity (Wildman–Crippen MR) is 119 cm³/mol. The van der Waals surface area contributed by atoms with Gasteiger partial charge in [0.05, 0.1) is 16.6 Å². The van der Waals surface area contributed by atoms with Crippen LogP contribution in [0.5, 0.6) is 0 Å².